The molecule has 0 spiro atoms. The van der Waals surface area contributed by atoms with E-state index in [1.165, 1.54) is 0 Å². The maximum Gasteiger partial charge on any atom is 1.00 e. The quantitative estimate of drug-likeness (QED) is 0.325. The molecule has 1 fully saturated rings. The van der Waals surface area contributed by atoms with E-state index in [-0.39, 0.29) is 42.9 Å². The van der Waals surface area contributed by atoms with E-state index in [0.29, 0.717) is 6.42 Å². The Hall–Kier alpha value is 0.720. The minimum Gasteiger partial charge on any atom is -1.00 e. The predicted octanol–water partition coefficient (Wildman–Crippen LogP) is -5.37. The summed E-state index contributed by atoms with van der Waals surface area (Å²) in [6, 6.07) is 0. The second-order valence-corrected chi connectivity index (χ2v) is 4.21. The molecule has 0 aromatic carbocycles. The Morgan fingerprint density at radius 2 is 1.78 bits per heavy atom. The molecular weight excluding hydrogens is 255 g/mol. The van der Waals surface area contributed by atoms with Crippen molar-refractivity contribution in [1.29, 1.82) is 0 Å². The fourth-order valence-electron chi connectivity index (χ4n) is 1.86. The van der Waals surface area contributed by atoms with Crippen LogP contribution in [-0.2, 0) is 4.74 Å². The number of hydrogen-bond donors (Lipinski definition) is 5. The Morgan fingerprint density at radius 1 is 1.22 bits per heavy atom. The van der Waals surface area contributed by atoms with Gasteiger partial charge in [-0.3, -0.25) is 0 Å². The van der Waals surface area contributed by atoms with Crippen LogP contribution in [0, 0.1) is 0 Å². The molecule has 0 aliphatic carbocycles. The van der Waals surface area contributed by atoms with E-state index in [4.69, 9.17) is 9.84 Å². The molecule has 0 amide bonds. The van der Waals surface area contributed by atoms with Crippen LogP contribution in [0.1, 0.15) is 27.6 Å². The molecule has 1 aliphatic heterocycles. The predicted molar refractivity (Wildman–Crippen MR) is 59.2 cm³/mol. The van der Waals surface area contributed by atoms with Gasteiger partial charge < -0.3 is 37.2 Å². The number of unbranched alkanes of at least 4 members (excludes halogenated alkanes) is 1. The Morgan fingerprint density at radius 3 is 2.22 bits per heavy atom. The normalized spacial score (nSPS) is 39.7. The summed E-state index contributed by atoms with van der Waals surface area (Å²) < 4.78 is 5.07. The van der Waals surface area contributed by atoms with Gasteiger partial charge in [0.15, 0.2) is 5.79 Å². The van der Waals surface area contributed by atoms with Crippen molar-refractivity contribution in [3.05, 3.63) is 0 Å². The number of ether oxygens (including phenoxy) is 1. The van der Waals surface area contributed by atoms with Gasteiger partial charge in [0, 0.05) is 6.42 Å². The van der Waals surface area contributed by atoms with Gasteiger partial charge in [-0.15, -0.1) is 0 Å². The fraction of sp³-hybridized carbons (Fsp3) is 1.00. The largest absolute Gasteiger partial charge is 1.00 e. The van der Waals surface area contributed by atoms with Crippen molar-refractivity contribution >= 4 is 0 Å². The monoisotopic (exact) mass is 278 g/mol. The first-order valence-electron chi connectivity index (χ1n) is 5.51. The molecule has 0 saturated carbocycles. The third kappa shape index (κ3) is 4.38. The van der Waals surface area contributed by atoms with Crippen LogP contribution in [0.3, 0.4) is 0 Å². The second-order valence-electron chi connectivity index (χ2n) is 4.21. The van der Waals surface area contributed by atoms with Gasteiger partial charge >= 0.3 is 29.6 Å². The zero-order chi connectivity index (χ0) is 12.3. The second kappa shape index (κ2) is 8.80. The third-order valence-corrected chi connectivity index (χ3v) is 2.94. The molecule has 7 N–H and O–H groups in total. The van der Waals surface area contributed by atoms with Gasteiger partial charge in [-0.2, -0.15) is 0 Å². The van der Waals surface area contributed by atoms with Crippen molar-refractivity contribution in [2.24, 2.45) is 0 Å². The fourth-order valence-corrected chi connectivity index (χ4v) is 1.86. The van der Waals surface area contributed by atoms with Gasteiger partial charge in [-0.05, 0) is 6.42 Å². The van der Waals surface area contributed by atoms with E-state index in [0.717, 1.165) is 6.42 Å². The van der Waals surface area contributed by atoms with Crippen molar-refractivity contribution in [3.63, 3.8) is 0 Å². The first-order valence-corrected chi connectivity index (χ1v) is 5.51. The Balaban J connectivity index is -0.000000853. The summed E-state index contributed by atoms with van der Waals surface area (Å²) in [7, 11) is 0. The summed E-state index contributed by atoms with van der Waals surface area (Å²) in [5, 5.41) is 47.6. The molecule has 18 heavy (non-hydrogen) atoms. The number of hydrogen-bond acceptors (Lipinski definition) is 6. The van der Waals surface area contributed by atoms with Crippen LogP contribution in [0.2, 0.25) is 0 Å². The van der Waals surface area contributed by atoms with Gasteiger partial charge in [-0.1, -0.05) is 13.3 Å². The zero-order valence-electron chi connectivity index (χ0n) is 11.8. The van der Waals surface area contributed by atoms with Crippen LogP contribution in [0.15, 0.2) is 0 Å². The van der Waals surface area contributed by atoms with E-state index >= 15 is 0 Å². The summed E-state index contributed by atoms with van der Waals surface area (Å²) in [5.74, 6) is -1.90. The van der Waals surface area contributed by atoms with E-state index in [1.54, 1.807) is 0 Å². The summed E-state index contributed by atoms with van der Waals surface area (Å²) in [5.41, 5.74) is 0. The first kappa shape index (κ1) is 21.0. The van der Waals surface area contributed by atoms with Crippen molar-refractivity contribution < 1.29 is 66.7 Å². The van der Waals surface area contributed by atoms with Gasteiger partial charge in [0.2, 0.25) is 0 Å². The van der Waals surface area contributed by atoms with Crippen molar-refractivity contribution in [2.45, 2.75) is 56.4 Å². The minimum atomic E-state index is -1.90. The number of aliphatic hydroxyl groups excluding tert-OH is 4. The molecule has 106 valence electrons. The molecule has 1 rings (SSSR count). The molecule has 0 aromatic heterocycles. The molecule has 7 nitrogen and oxygen atoms in total. The summed E-state index contributed by atoms with van der Waals surface area (Å²) >= 11 is 0. The van der Waals surface area contributed by atoms with Gasteiger partial charge in [-0.25, -0.2) is 0 Å². The maximum atomic E-state index is 10.0. The summed E-state index contributed by atoms with van der Waals surface area (Å²) in [6.45, 7) is 1.38. The van der Waals surface area contributed by atoms with Gasteiger partial charge in [0.05, 0.1) is 6.61 Å². The average molecular weight is 278 g/mol. The molecule has 0 aromatic rings. The van der Waals surface area contributed by atoms with Crippen molar-refractivity contribution in [2.75, 3.05) is 6.61 Å². The van der Waals surface area contributed by atoms with Crippen LogP contribution in [0.4, 0.5) is 0 Å². The van der Waals surface area contributed by atoms with Crippen LogP contribution in [0.5, 0.6) is 0 Å². The maximum absolute atomic E-state index is 10.0. The number of aliphatic hydroxyl groups is 5. The van der Waals surface area contributed by atoms with E-state index in [2.05, 4.69) is 0 Å². The Labute approximate surface area is 129 Å². The molecule has 8 heteroatoms. The first-order chi connectivity index (χ1) is 7.46. The molecule has 1 heterocycles. The molecule has 0 bridgehead atoms. The standard InChI is InChI=1S/C10H20O6.Na.H2O.H/c1-2-3-4-10(15)9(14)8(13)7(12)6(5-11)16-10;;;/h6-9,11-15H,2-5H2,1H3;;1H2;/q;+1;;-1/t6-,7-,8+,9-,10-;;;/m1.../s1. The van der Waals surface area contributed by atoms with E-state index in [9.17, 15) is 20.4 Å². The van der Waals surface area contributed by atoms with Crippen LogP contribution >= 0.6 is 0 Å². The smallest absolute Gasteiger partial charge is 1.00 e. The van der Waals surface area contributed by atoms with Crippen molar-refractivity contribution in [1.82, 2.24) is 0 Å². The van der Waals surface area contributed by atoms with E-state index in [1.807, 2.05) is 6.92 Å². The van der Waals surface area contributed by atoms with Crippen LogP contribution in [0.25, 0.3) is 0 Å². The Bertz CT molecular complexity index is 234. The SMILES string of the molecule is CCCC[C@@]1(O)O[C@H](CO)[C@@H](O)[C@H](O)[C@H]1O.O.[H-].[Na+]. The third-order valence-electron chi connectivity index (χ3n) is 2.94. The van der Waals surface area contributed by atoms with E-state index < -0.39 is 36.8 Å². The molecule has 1 aliphatic rings. The molecule has 5 atom stereocenters. The Kier molecular flexibility index (Phi) is 10.3. The summed E-state index contributed by atoms with van der Waals surface area (Å²) in [6.07, 6.45) is -4.04. The zero-order valence-corrected chi connectivity index (χ0v) is 12.8. The van der Waals surface area contributed by atoms with Crippen LogP contribution < -0.4 is 29.6 Å². The molecule has 0 radical (unpaired) electrons. The number of rotatable bonds is 4. The van der Waals surface area contributed by atoms with Gasteiger partial charge in [0.1, 0.15) is 24.4 Å². The van der Waals surface area contributed by atoms with Gasteiger partial charge in [0.25, 0.3) is 0 Å². The minimum absolute atomic E-state index is 0. The summed E-state index contributed by atoms with van der Waals surface area (Å²) in [4.78, 5) is 0. The topological polar surface area (TPSA) is 142 Å². The van der Waals surface area contributed by atoms with Crippen LogP contribution in [-0.4, -0.2) is 67.8 Å². The van der Waals surface area contributed by atoms with Crippen molar-refractivity contribution in [3.8, 4) is 0 Å². The molecular formula is C10H23NaO7. The molecule has 0 unspecified atom stereocenters. The average Bonchev–Trinajstić information content (AvgIpc) is 2.29. The molecule has 1 saturated heterocycles.